The molecule has 2 atom stereocenters. The molecule has 0 aromatic heterocycles. The first-order chi connectivity index (χ1) is 9.02. The minimum Gasteiger partial charge on any atom is -0.480 e. The minimum absolute atomic E-state index is 0.0634. The number of likely N-dealkylation sites (tertiary alicyclic amines) is 2. The van der Waals surface area contributed by atoms with Crippen molar-refractivity contribution in [2.24, 2.45) is 0 Å². The Morgan fingerprint density at radius 1 is 1.10 bits per heavy atom. The third-order valence-electron chi connectivity index (χ3n) is 4.11. The molecule has 2 unspecified atom stereocenters. The van der Waals surface area contributed by atoms with Crippen molar-refractivity contribution in [1.82, 2.24) is 9.80 Å². The lowest BCUT2D eigenvalue weighted by Gasteiger charge is -2.41. The summed E-state index contributed by atoms with van der Waals surface area (Å²) in [5.41, 5.74) is -1.39. The van der Waals surface area contributed by atoms with Gasteiger partial charge in [-0.05, 0) is 41.0 Å². The molecule has 1 N–H and O–H groups in total. The van der Waals surface area contributed by atoms with E-state index in [1.165, 1.54) is 0 Å². The summed E-state index contributed by atoms with van der Waals surface area (Å²) in [7, 11) is 0. The lowest BCUT2D eigenvalue weighted by atomic mass is 10.0. The highest BCUT2D eigenvalue weighted by Crippen LogP contribution is 2.36. The largest absolute Gasteiger partial charge is 0.480 e. The van der Waals surface area contributed by atoms with Crippen LogP contribution in [0.4, 0.5) is 4.79 Å². The second-order valence-electron chi connectivity index (χ2n) is 7.19. The number of carboxylic acid groups (broad SMARTS) is 1. The molecule has 114 valence electrons. The van der Waals surface area contributed by atoms with Crippen LogP contribution in [-0.4, -0.2) is 63.3 Å². The van der Waals surface area contributed by atoms with Gasteiger partial charge >= 0.3 is 12.1 Å². The zero-order valence-corrected chi connectivity index (χ0v) is 12.8. The Labute approximate surface area is 119 Å². The van der Waals surface area contributed by atoms with Crippen LogP contribution in [-0.2, 0) is 9.53 Å². The van der Waals surface area contributed by atoms with E-state index >= 15 is 0 Å². The number of hydrogen-bond acceptors (Lipinski definition) is 4. The van der Waals surface area contributed by atoms with Gasteiger partial charge in [0.15, 0.2) is 0 Å². The van der Waals surface area contributed by atoms with E-state index in [9.17, 15) is 14.7 Å². The maximum Gasteiger partial charge on any atom is 0.410 e. The van der Waals surface area contributed by atoms with Crippen LogP contribution in [0.2, 0.25) is 0 Å². The first kappa shape index (κ1) is 15.1. The Kier molecular flexibility index (Phi) is 3.48. The van der Waals surface area contributed by atoms with Crippen molar-refractivity contribution in [3.63, 3.8) is 0 Å². The normalized spacial score (nSPS) is 26.9. The van der Waals surface area contributed by atoms with Gasteiger partial charge in [-0.2, -0.15) is 0 Å². The Morgan fingerprint density at radius 3 is 2.10 bits per heavy atom. The van der Waals surface area contributed by atoms with Gasteiger partial charge in [0.1, 0.15) is 11.1 Å². The van der Waals surface area contributed by atoms with Crippen molar-refractivity contribution in [2.75, 3.05) is 13.1 Å². The van der Waals surface area contributed by atoms with Crippen LogP contribution in [0.25, 0.3) is 0 Å². The van der Waals surface area contributed by atoms with E-state index in [0.717, 1.165) is 6.42 Å². The fourth-order valence-electron chi connectivity index (χ4n) is 3.02. The average Bonchev–Trinajstić information content (AvgIpc) is 2.85. The van der Waals surface area contributed by atoms with E-state index in [1.54, 1.807) is 18.7 Å². The maximum absolute atomic E-state index is 12.1. The second-order valence-corrected chi connectivity index (χ2v) is 7.19. The molecule has 2 bridgehead atoms. The molecule has 0 radical (unpaired) electrons. The molecule has 1 amide bonds. The summed E-state index contributed by atoms with van der Waals surface area (Å²) in [6, 6.07) is 0.173. The van der Waals surface area contributed by atoms with E-state index in [2.05, 4.69) is 0 Å². The number of carboxylic acids is 1. The van der Waals surface area contributed by atoms with Gasteiger partial charge in [-0.1, -0.05) is 0 Å². The fourth-order valence-corrected chi connectivity index (χ4v) is 3.02. The monoisotopic (exact) mass is 284 g/mol. The number of fused-ring (bicyclic) bond motifs is 2. The molecule has 0 aromatic rings. The number of aliphatic carboxylic acids is 1. The predicted octanol–water partition coefficient (Wildman–Crippen LogP) is 1.54. The molecule has 0 aliphatic carbocycles. The molecule has 2 saturated heterocycles. The molecule has 2 aliphatic rings. The van der Waals surface area contributed by atoms with Gasteiger partial charge in [-0.3, -0.25) is 9.69 Å². The smallest absolute Gasteiger partial charge is 0.410 e. The van der Waals surface area contributed by atoms with Crippen LogP contribution in [0.1, 0.15) is 41.0 Å². The number of carbonyl (C=O) groups is 2. The number of hydrogen-bond donors (Lipinski definition) is 1. The van der Waals surface area contributed by atoms with Crippen molar-refractivity contribution >= 4 is 12.1 Å². The molecule has 6 heteroatoms. The van der Waals surface area contributed by atoms with Gasteiger partial charge in [0.05, 0.1) is 0 Å². The summed E-state index contributed by atoms with van der Waals surface area (Å²) in [6.45, 7) is 10.1. The van der Waals surface area contributed by atoms with Gasteiger partial charge in [0.2, 0.25) is 0 Å². The average molecular weight is 284 g/mol. The molecule has 2 rings (SSSR count). The van der Waals surface area contributed by atoms with Gasteiger partial charge < -0.3 is 14.7 Å². The van der Waals surface area contributed by atoms with Crippen LogP contribution in [0.5, 0.6) is 0 Å². The van der Waals surface area contributed by atoms with E-state index in [4.69, 9.17) is 4.74 Å². The van der Waals surface area contributed by atoms with Crippen LogP contribution in [0.3, 0.4) is 0 Å². The predicted molar refractivity (Wildman–Crippen MR) is 73.6 cm³/mol. The lowest BCUT2D eigenvalue weighted by Crippen LogP contribution is -2.59. The Morgan fingerprint density at radius 2 is 1.70 bits per heavy atom. The summed E-state index contributed by atoms with van der Waals surface area (Å²) >= 11 is 0. The fraction of sp³-hybridized carbons (Fsp3) is 0.857. The van der Waals surface area contributed by atoms with E-state index in [0.29, 0.717) is 13.1 Å². The Balaban J connectivity index is 2.02. The summed E-state index contributed by atoms with van der Waals surface area (Å²) in [5.74, 6) is -0.825. The molecule has 0 aromatic carbocycles. The van der Waals surface area contributed by atoms with Crippen LogP contribution in [0.15, 0.2) is 0 Å². The van der Waals surface area contributed by atoms with Gasteiger partial charge in [-0.25, -0.2) is 4.79 Å². The first-order valence-electron chi connectivity index (χ1n) is 7.02. The number of amides is 1. The summed E-state index contributed by atoms with van der Waals surface area (Å²) in [4.78, 5) is 27.2. The summed E-state index contributed by atoms with van der Waals surface area (Å²) in [6.07, 6.45) is 0.536. The van der Waals surface area contributed by atoms with E-state index < -0.39 is 17.1 Å². The third-order valence-corrected chi connectivity index (χ3v) is 4.11. The van der Waals surface area contributed by atoms with E-state index in [1.807, 2.05) is 25.7 Å². The van der Waals surface area contributed by atoms with Crippen LogP contribution >= 0.6 is 0 Å². The zero-order valence-electron chi connectivity index (χ0n) is 12.8. The third kappa shape index (κ3) is 2.61. The number of nitrogens with zero attached hydrogens (tertiary/aromatic N) is 2. The number of carbonyl (C=O) groups excluding carboxylic acids is 1. The van der Waals surface area contributed by atoms with Crippen molar-refractivity contribution in [2.45, 2.75) is 64.3 Å². The highest BCUT2D eigenvalue weighted by Gasteiger charge is 2.52. The SMILES string of the molecule is CC(C)(C)OC(=O)N1CC2CC1CN2C(C)(C)C(=O)O. The molecule has 0 saturated carbocycles. The van der Waals surface area contributed by atoms with Crippen LogP contribution in [0, 0.1) is 0 Å². The first-order valence-corrected chi connectivity index (χ1v) is 7.02. The summed E-state index contributed by atoms with van der Waals surface area (Å²) < 4.78 is 5.39. The zero-order chi connectivity index (χ0) is 15.3. The van der Waals surface area contributed by atoms with Gasteiger partial charge in [0.25, 0.3) is 0 Å². The molecule has 20 heavy (non-hydrogen) atoms. The van der Waals surface area contributed by atoms with Crippen LogP contribution < -0.4 is 0 Å². The van der Waals surface area contributed by atoms with E-state index in [-0.39, 0.29) is 18.2 Å². The number of rotatable bonds is 2. The standard InChI is InChI=1S/C14H24N2O4/c1-13(2,3)20-12(19)15-7-10-6-9(15)8-16(10)14(4,5)11(17)18/h9-10H,6-8H2,1-5H3,(H,17,18). The molecule has 2 aliphatic heterocycles. The maximum atomic E-state index is 12.1. The molecular formula is C14H24N2O4. The van der Waals surface area contributed by atoms with Crippen molar-refractivity contribution in [1.29, 1.82) is 0 Å². The second kappa shape index (κ2) is 4.62. The quantitative estimate of drug-likeness (QED) is 0.833. The Bertz CT molecular complexity index is 427. The lowest BCUT2D eigenvalue weighted by molar-refractivity contribution is -0.150. The van der Waals surface area contributed by atoms with Crippen molar-refractivity contribution in [3.05, 3.63) is 0 Å². The minimum atomic E-state index is -0.889. The molecule has 0 spiro atoms. The highest BCUT2D eigenvalue weighted by molar-refractivity contribution is 5.78. The molecule has 2 heterocycles. The van der Waals surface area contributed by atoms with Crippen molar-refractivity contribution < 1.29 is 19.4 Å². The molecule has 6 nitrogen and oxygen atoms in total. The number of ether oxygens (including phenoxy) is 1. The summed E-state index contributed by atoms with van der Waals surface area (Å²) in [5, 5.41) is 9.31. The highest BCUT2D eigenvalue weighted by atomic mass is 16.6. The van der Waals surface area contributed by atoms with Gasteiger partial charge in [-0.15, -0.1) is 0 Å². The van der Waals surface area contributed by atoms with Gasteiger partial charge in [0, 0.05) is 25.2 Å². The topological polar surface area (TPSA) is 70.1 Å². The molecular weight excluding hydrogens is 260 g/mol. The number of piperazine rings is 1. The Hall–Kier alpha value is -1.30. The molecule has 2 fully saturated rings. The van der Waals surface area contributed by atoms with Crippen molar-refractivity contribution in [3.8, 4) is 0 Å².